The highest BCUT2D eigenvalue weighted by Gasteiger charge is 2.14. The van der Waals surface area contributed by atoms with Crippen LogP contribution in [0.15, 0.2) is 24.3 Å². The number of carbonyl (C=O) groups is 2. The molecule has 0 spiro atoms. The Hall–Kier alpha value is -2.53. The Morgan fingerprint density at radius 1 is 0.966 bits per heavy atom. The van der Waals surface area contributed by atoms with Crippen LogP contribution in [-0.4, -0.2) is 42.2 Å². The number of hydrogen-bond donors (Lipinski definition) is 1. The number of rotatable bonds is 14. The molecule has 162 valence electrons. The van der Waals surface area contributed by atoms with E-state index in [-0.39, 0.29) is 31.7 Å². The third-order valence-electron chi connectivity index (χ3n) is 3.94. The first-order valence-electron chi connectivity index (χ1n) is 9.18. The maximum atomic E-state index is 11.7. The topological polar surface area (TPSA) is 150 Å². The molecular weight excluding hydrogens is 406 g/mol. The fourth-order valence-electron chi connectivity index (χ4n) is 2.44. The molecule has 0 aliphatic carbocycles. The second-order valence-electron chi connectivity index (χ2n) is 6.32. The smallest absolute Gasteiger partial charge is 0.306 e. The van der Waals surface area contributed by atoms with E-state index >= 15 is 0 Å². The lowest BCUT2D eigenvalue weighted by molar-refractivity contribution is -0.385. The Balaban J connectivity index is 2.07. The van der Waals surface area contributed by atoms with Crippen molar-refractivity contribution < 1.29 is 37.0 Å². The largest absolute Gasteiger partial charge is 0.464 e. The van der Waals surface area contributed by atoms with E-state index in [9.17, 15) is 28.1 Å². The molecule has 0 amide bonds. The number of ether oxygens (including phenoxy) is 2. The van der Waals surface area contributed by atoms with Gasteiger partial charge in [-0.15, -0.1) is 0 Å². The molecule has 0 aliphatic heterocycles. The van der Waals surface area contributed by atoms with Crippen LogP contribution in [0.5, 0.6) is 0 Å². The minimum Gasteiger partial charge on any atom is -0.464 e. The summed E-state index contributed by atoms with van der Waals surface area (Å²) in [6, 6.07) is 6.08. The van der Waals surface area contributed by atoms with Gasteiger partial charge in [0.15, 0.2) is 0 Å². The Labute approximate surface area is 169 Å². The van der Waals surface area contributed by atoms with Crippen LogP contribution in [0.3, 0.4) is 0 Å². The van der Waals surface area contributed by atoms with E-state index in [1.54, 1.807) is 18.2 Å². The second kappa shape index (κ2) is 12.8. The van der Waals surface area contributed by atoms with Crippen LogP contribution in [0.4, 0.5) is 5.69 Å². The van der Waals surface area contributed by atoms with Gasteiger partial charge in [-0.2, -0.15) is 8.42 Å². The first-order valence-corrected chi connectivity index (χ1v) is 10.8. The minimum absolute atomic E-state index is 0.0863. The number of carbonyl (C=O) groups excluding carboxylic acids is 2. The van der Waals surface area contributed by atoms with Gasteiger partial charge in [-0.25, -0.2) is 0 Å². The molecule has 1 N–H and O–H groups in total. The predicted octanol–water partition coefficient (Wildman–Crippen LogP) is 2.80. The van der Waals surface area contributed by atoms with Crippen LogP contribution in [-0.2, 0) is 35.8 Å². The number of unbranched alkanes of at least 4 members (excludes halogenated alkanes) is 4. The van der Waals surface area contributed by atoms with Crippen molar-refractivity contribution >= 4 is 27.7 Å². The summed E-state index contributed by atoms with van der Waals surface area (Å²) >= 11 is 0. The summed E-state index contributed by atoms with van der Waals surface area (Å²) < 4.78 is 39.2. The van der Waals surface area contributed by atoms with E-state index in [4.69, 9.17) is 9.29 Å². The number of para-hydroxylation sites is 1. The molecule has 0 heterocycles. The average molecular weight is 431 g/mol. The first kappa shape index (κ1) is 24.5. The molecule has 0 aromatic heterocycles. The third-order valence-corrected chi connectivity index (χ3v) is 4.63. The second-order valence-corrected chi connectivity index (χ2v) is 7.89. The van der Waals surface area contributed by atoms with Crippen molar-refractivity contribution in [3.8, 4) is 0 Å². The van der Waals surface area contributed by atoms with Crippen LogP contribution in [0.25, 0.3) is 0 Å². The van der Waals surface area contributed by atoms with Crippen LogP contribution in [0, 0.1) is 10.1 Å². The maximum Gasteiger partial charge on any atom is 0.306 e. The summed E-state index contributed by atoms with van der Waals surface area (Å²) in [5, 5.41) is 10.9. The van der Waals surface area contributed by atoms with Gasteiger partial charge in [0.05, 0.1) is 10.5 Å². The SMILES string of the molecule is O=C(CCCCCCCC(=O)OCc1ccccc1[N+](=O)[O-])OCCS(=O)(=O)O. The summed E-state index contributed by atoms with van der Waals surface area (Å²) in [6.07, 6.45) is 3.86. The number of nitro groups is 1. The zero-order chi connectivity index (χ0) is 21.7. The molecule has 0 fully saturated rings. The molecule has 11 heteroatoms. The van der Waals surface area contributed by atoms with Crippen molar-refractivity contribution in [1.29, 1.82) is 0 Å². The first-order chi connectivity index (χ1) is 13.7. The number of hydrogen-bond acceptors (Lipinski definition) is 8. The molecule has 0 unspecified atom stereocenters. The molecule has 1 rings (SSSR count). The molecule has 0 radical (unpaired) electrons. The summed E-state index contributed by atoms with van der Waals surface area (Å²) in [5.41, 5.74) is 0.256. The van der Waals surface area contributed by atoms with E-state index < -0.39 is 32.7 Å². The lowest BCUT2D eigenvalue weighted by atomic mass is 10.1. The highest BCUT2D eigenvalue weighted by atomic mass is 32.2. The lowest BCUT2D eigenvalue weighted by Crippen LogP contribution is -2.14. The molecule has 0 atom stereocenters. The Kier molecular flexibility index (Phi) is 10.8. The van der Waals surface area contributed by atoms with Gasteiger partial charge in [-0.3, -0.25) is 24.3 Å². The van der Waals surface area contributed by atoms with Crippen LogP contribution in [0.2, 0.25) is 0 Å². The van der Waals surface area contributed by atoms with Crippen molar-refractivity contribution in [3.63, 3.8) is 0 Å². The van der Waals surface area contributed by atoms with Gasteiger partial charge in [0, 0.05) is 18.9 Å². The number of nitro benzene ring substituents is 1. The van der Waals surface area contributed by atoms with Gasteiger partial charge in [-0.05, 0) is 18.9 Å². The van der Waals surface area contributed by atoms with Gasteiger partial charge < -0.3 is 9.47 Å². The number of esters is 2. The zero-order valence-electron chi connectivity index (χ0n) is 15.9. The molecule has 0 aliphatic rings. The molecule has 0 saturated carbocycles. The van der Waals surface area contributed by atoms with Crippen LogP contribution >= 0.6 is 0 Å². The van der Waals surface area contributed by atoms with E-state index in [0.29, 0.717) is 18.4 Å². The maximum absolute atomic E-state index is 11.7. The molecule has 1 aromatic rings. The molecule has 0 saturated heterocycles. The van der Waals surface area contributed by atoms with E-state index in [0.717, 1.165) is 19.3 Å². The van der Waals surface area contributed by atoms with Gasteiger partial charge in [0.2, 0.25) is 0 Å². The standard InChI is InChI=1S/C18H25NO9S/c20-17(27-12-13-29(24,25)26)10-4-2-1-3-5-11-18(21)28-14-15-8-6-7-9-16(15)19(22)23/h6-9H,1-5,10-14H2,(H,24,25,26). The normalized spacial score (nSPS) is 11.1. The Morgan fingerprint density at radius 3 is 2.10 bits per heavy atom. The molecule has 10 nitrogen and oxygen atoms in total. The highest BCUT2D eigenvalue weighted by Crippen LogP contribution is 2.18. The Morgan fingerprint density at radius 2 is 1.52 bits per heavy atom. The lowest BCUT2D eigenvalue weighted by Gasteiger charge is -2.06. The van der Waals surface area contributed by atoms with Gasteiger partial charge >= 0.3 is 11.9 Å². The van der Waals surface area contributed by atoms with Gasteiger partial charge in [0.1, 0.15) is 19.0 Å². The molecular formula is C18H25NO9S. The monoisotopic (exact) mass is 431 g/mol. The van der Waals surface area contributed by atoms with Gasteiger partial charge in [-0.1, -0.05) is 31.4 Å². The van der Waals surface area contributed by atoms with Crippen molar-refractivity contribution in [2.75, 3.05) is 12.4 Å². The average Bonchev–Trinajstić information content (AvgIpc) is 2.64. The highest BCUT2D eigenvalue weighted by molar-refractivity contribution is 7.85. The number of nitrogens with zero attached hydrogens (tertiary/aromatic N) is 1. The number of benzene rings is 1. The summed E-state index contributed by atoms with van der Waals surface area (Å²) in [5.74, 6) is -1.57. The fourth-order valence-corrected chi connectivity index (χ4v) is 2.74. The molecule has 1 aromatic carbocycles. The van der Waals surface area contributed by atoms with Crippen molar-refractivity contribution in [1.82, 2.24) is 0 Å². The fraction of sp³-hybridized carbons (Fsp3) is 0.556. The third kappa shape index (κ3) is 11.8. The van der Waals surface area contributed by atoms with Crippen LogP contribution in [0.1, 0.15) is 50.5 Å². The van der Waals surface area contributed by atoms with Crippen molar-refractivity contribution in [3.05, 3.63) is 39.9 Å². The summed E-state index contributed by atoms with van der Waals surface area (Å²) in [7, 11) is -4.13. The summed E-state index contributed by atoms with van der Waals surface area (Å²) in [4.78, 5) is 33.5. The van der Waals surface area contributed by atoms with Crippen molar-refractivity contribution in [2.45, 2.75) is 51.6 Å². The molecule has 0 bridgehead atoms. The van der Waals surface area contributed by atoms with E-state index in [1.165, 1.54) is 6.07 Å². The quantitative estimate of drug-likeness (QED) is 0.154. The van der Waals surface area contributed by atoms with E-state index in [2.05, 4.69) is 4.74 Å². The van der Waals surface area contributed by atoms with Gasteiger partial charge in [0.25, 0.3) is 15.8 Å². The molecule has 29 heavy (non-hydrogen) atoms. The van der Waals surface area contributed by atoms with Crippen LogP contribution < -0.4 is 0 Å². The zero-order valence-corrected chi connectivity index (χ0v) is 16.8. The van der Waals surface area contributed by atoms with E-state index in [1.807, 2.05) is 0 Å². The van der Waals surface area contributed by atoms with Crippen molar-refractivity contribution in [2.24, 2.45) is 0 Å². The predicted molar refractivity (Wildman–Crippen MR) is 103 cm³/mol. The minimum atomic E-state index is -4.13. The Bertz CT molecular complexity index is 792. The summed E-state index contributed by atoms with van der Waals surface area (Å²) in [6.45, 7) is -0.512.